The van der Waals surface area contributed by atoms with Crippen molar-refractivity contribution in [2.24, 2.45) is 17.6 Å². The van der Waals surface area contributed by atoms with Crippen LogP contribution < -0.4 is 10.5 Å². The first-order valence-corrected chi connectivity index (χ1v) is 9.44. The minimum absolute atomic E-state index is 0.0482. The van der Waals surface area contributed by atoms with Crippen molar-refractivity contribution in [2.75, 3.05) is 7.11 Å². The van der Waals surface area contributed by atoms with Gasteiger partial charge < -0.3 is 25.8 Å². The number of carbonyl (C=O) groups is 3. The van der Waals surface area contributed by atoms with Gasteiger partial charge in [-0.25, -0.2) is 0 Å². The van der Waals surface area contributed by atoms with Crippen LogP contribution in [0.25, 0.3) is 5.76 Å². The molecule has 0 aromatic heterocycles. The summed E-state index contributed by atoms with van der Waals surface area (Å²) < 4.78 is 5.30. The van der Waals surface area contributed by atoms with Crippen LogP contribution in [0.5, 0.6) is 11.5 Å². The van der Waals surface area contributed by atoms with E-state index in [2.05, 4.69) is 0 Å². The monoisotopic (exact) mass is 403 g/mol. The highest BCUT2D eigenvalue weighted by molar-refractivity contribution is 8.00. The van der Waals surface area contributed by atoms with Gasteiger partial charge in [0.1, 0.15) is 28.6 Å². The van der Waals surface area contributed by atoms with Crippen LogP contribution in [0, 0.1) is 11.8 Å². The molecular weight excluding hydrogens is 386 g/mol. The van der Waals surface area contributed by atoms with Crippen LogP contribution in [0.4, 0.5) is 0 Å². The summed E-state index contributed by atoms with van der Waals surface area (Å²) in [6.45, 7) is 0. The van der Waals surface area contributed by atoms with Gasteiger partial charge in [0, 0.05) is 11.7 Å². The highest BCUT2D eigenvalue weighted by atomic mass is 32.2. The van der Waals surface area contributed by atoms with Crippen LogP contribution in [0.15, 0.2) is 33.9 Å². The van der Waals surface area contributed by atoms with Gasteiger partial charge in [-0.2, -0.15) is 0 Å². The van der Waals surface area contributed by atoms with E-state index in [9.17, 15) is 29.7 Å². The molecule has 3 aliphatic rings. The number of rotatable bonds is 2. The molecular formula is C19H17NO7S. The molecule has 1 amide bonds. The molecule has 4 rings (SSSR count). The third-order valence-corrected chi connectivity index (χ3v) is 6.81. The van der Waals surface area contributed by atoms with Gasteiger partial charge in [0.25, 0.3) is 5.91 Å². The Morgan fingerprint density at radius 1 is 1.25 bits per heavy atom. The van der Waals surface area contributed by atoms with Crippen LogP contribution in [-0.2, 0) is 14.4 Å². The first kappa shape index (κ1) is 18.4. The molecule has 0 saturated heterocycles. The highest BCUT2D eigenvalue weighted by Crippen LogP contribution is 2.55. The number of primary amides is 1. The fourth-order valence-corrected chi connectivity index (χ4v) is 5.79. The molecule has 1 aliphatic heterocycles. The van der Waals surface area contributed by atoms with Gasteiger partial charge in [-0.3, -0.25) is 14.4 Å². The zero-order chi connectivity index (χ0) is 20.3. The summed E-state index contributed by atoms with van der Waals surface area (Å²) in [5.41, 5.74) is 4.77. The van der Waals surface area contributed by atoms with Crippen molar-refractivity contribution < 1.29 is 34.4 Å². The number of thioether (sulfide) groups is 1. The maximum absolute atomic E-state index is 13.2. The number of aromatic hydroxyl groups is 1. The Balaban J connectivity index is 1.89. The first-order valence-electron chi connectivity index (χ1n) is 8.56. The number of nitrogens with two attached hydrogens (primary N) is 1. The number of methoxy groups -OCH3 is 1. The average Bonchev–Trinajstić information content (AvgIpc) is 2.60. The summed E-state index contributed by atoms with van der Waals surface area (Å²) in [7, 11) is 1.46. The van der Waals surface area contributed by atoms with E-state index in [0.29, 0.717) is 17.1 Å². The number of phenolic OH excluding ortho intramolecular Hbond substituents is 1. The summed E-state index contributed by atoms with van der Waals surface area (Å²) in [6.07, 6.45) is 0.231. The standard InChI is InChI=1S/C19H17NO7S/c1-27-9-3-2-7(21)12-17(25)14-10(28-18(9)12)5-6-4-8(22)13(19(20)26)15(23)11(6)16(14)24/h2-3,6,10-11,21,23,25H,4-5H2,1H3,(H2,20,26). The van der Waals surface area contributed by atoms with Crippen molar-refractivity contribution in [3.63, 3.8) is 0 Å². The van der Waals surface area contributed by atoms with Gasteiger partial charge in [-0.1, -0.05) is 0 Å². The Morgan fingerprint density at radius 3 is 2.61 bits per heavy atom. The van der Waals surface area contributed by atoms with Crippen molar-refractivity contribution in [2.45, 2.75) is 23.0 Å². The molecule has 0 spiro atoms. The van der Waals surface area contributed by atoms with Gasteiger partial charge in [-0.05, 0) is 24.5 Å². The molecule has 2 aliphatic carbocycles. The van der Waals surface area contributed by atoms with Crippen molar-refractivity contribution in [3.05, 3.63) is 34.6 Å². The lowest BCUT2D eigenvalue weighted by atomic mass is 9.67. The maximum atomic E-state index is 13.2. The van der Waals surface area contributed by atoms with Gasteiger partial charge in [0.2, 0.25) is 0 Å². The summed E-state index contributed by atoms with van der Waals surface area (Å²) >= 11 is 1.25. The smallest absolute Gasteiger partial charge is 0.255 e. The Bertz CT molecular complexity index is 1010. The number of benzene rings is 1. The van der Waals surface area contributed by atoms with Crippen molar-refractivity contribution in [3.8, 4) is 11.5 Å². The Labute approximate surface area is 163 Å². The van der Waals surface area contributed by atoms with E-state index in [1.165, 1.54) is 24.9 Å². The largest absolute Gasteiger partial charge is 0.511 e. The quantitative estimate of drug-likeness (QED) is 0.545. The molecule has 0 radical (unpaired) electrons. The summed E-state index contributed by atoms with van der Waals surface area (Å²) in [5, 5.41) is 31.0. The number of allylic oxidation sites excluding steroid dienone is 1. The average molecular weight is 403 g/mol. The Morgan fingerprint density at radius 2 is 1.96 bits per heavy atom. The molecule has 146 valence electrons. The van der Waals surface area contributed by atoms with Crippen molar-refractivity contribution >= 4 is 35.0 Å². The number of aliphatic hydroxyl groups is 2. The third kappa shape index (κ3) is 2.42. The minimum atomic E-state index is -1.12. The summed E-state index contributed by atoms with van der Waals surface area (Å²) in [4.78, 5) is 37.4. The molecule has 1 aromatic rings. The number of hydrogen-bond donors (Lipinski definition) is 4. The molecule has 5 N–H and O–H groups in total. The SMILES string of the molecule is COc1ccc(O)c2c1SC1CC3CC(=O)C(C(N)=O)=C(O)C3C(=O)C1=C2O. The fourth-order valence-electron chi connectivity index (χ4n) is 4.23. The molecule has 1 heterocycles. The number of phenols is 1. The number of amides is 1. The van der Waals surface area contributed by atoms with E-state index in [1.54, 1.807) is 6.07 Å². The predicted octanol–water partition coefficient (Wildman–Crippen LogP) is 1.62. The number of aliphatic hydroxyl groups excluding tert-OH is 2. The van der Waals surface area contributed by atoms with E-state index in [4.69, 9.17) is 10.5 Å². The predicted molar refractivity (Wildman–Crippen MR) is 98.9 cm³/mol. The maximum Gasteiger partial charge on any atom is 0.255 e. The van der Waals surface area contributed by atoms with E-state index in [0.717, 1.165) is 0 Å². The number of fused-ring (bicyclic) bond motifs is 3. The Hall–Kier alpha value is -2.94. The van der Waals surface area contributed by atoms with Crippen LogP contribution in [-0.4, -0.2) is 45.2 Å². The zero-order valence-corrected chi connectivity index (χ0v) is 15.6. The number of Topliss-reactive ketones (excluding diaryl/α,β-unsaturated/α-hetero) is 2. The molecule has 8 nitrogen and oxygen atoms in total. The lowest BCUT2D eigenvalue weighted by Gasteiger charge is -2.40. The van der Waals surface area contributed by atoms with Crippen molar-refractivity contribution in [1.29, 1.82) is 0 Å². The molecule has 1 saturated carbocycles. The van der Waals surface area contributed by atoms with Crippen molar-refractivity contribution in [1.82, 2.24) is 0 Å². The topological polar surface area (TPSA) is 147 Å². The molecule has 28 heavy (non-hydrogen) atoms. The van der Waals surface area contributed by atoms with E-state index < -0.39 is 45.9 Å². The summed E-state index contributed by atoms with van der Waals surface area (Å²) in [5.74, 6) is -4.68. The van der Waals surface area contributed by atoms with Gasteiger partial charge in [-0.15, -0.1) is 11.8 Å². The summed E-state index contributed by atoms with van der Waals surface area (Å²) in [6, 6.07) is 2.91. The molecule has 3 atom stereocenters. The second-order valence-electron chi connectivity index (χ2n) is 6.95. The Kier molecular flexibility index (Phi) is 4.15. The first-order chi connectivity index (χ1) is 13.3. The minimum Gasteiger partial charge on any atom is -0.511 e. The van der Waals surface area contributed by atoms with Gasteiger partial charge >= 0.3 is 0 Å². The number of carbonyl (C=O) groups excluding carboxylic acids is 3. The van der Waals surface area contributed by atoms with Crippen LogP contribution in [0.3, 0.4) is 0 Å². The highest BCUT2D eigenvalue weighted by Gasteiger charge is 2.51. The fraction of sp³-hybridized carbons (Fsp3) is 0.316. The van der Waals surface area contributed by atoms with Crippen LogP contribution in [0.1, 0.15) is 18.4 Å². The third-order valence-electron chi connectivity index (χ3n) is 5.45. The molecule has 0 bridgehead atoms. The molecule has 3 unspecified atom stereocenters. The lowest BCUT2D eigenvalue weighted by Crippen LogP contribution is -2.44. The zero-order valence-electron chi connectivity index (χ0n) is 14.8. The molecule has 1 fully saturated rings. The number of ketones is 2. The normalized spacial score (nSPS) is 26.5. The number of hydrogen-bond acceptors (Lipinski definition) is 8. The molecule has 9 heteroatoms. The number of ether oxygens (including phenoxy) is 1. The second-order valence-corrected chi connectivity index (χ2v) is 8.16. The van der Waals surface area contributed by atoms with Crippen LogP contribution in [0.2, 0.25) is 0 Å². The second kappa shape index (κ2) is 6.30. The van der Waals surface area contributed by atoms with E-state index in [-0.39, 0.29) is 29.1 Å². The van der Waals surface area contributed by atoms with Gasteiger partial charge in [0.15, 0.2) is 11.6 Å². The van der Waals surface area contributed by atoms with Gasteiger partial charge in [0.05, 0.1) is 29.1 Å². The van der Waals surface area contributed by atoms with E-state index in [1.807, 2.05) is 0 Å². The lowest BCUT2D eigenvalue weighted by molar-refractivity contribution is -0.126. The van der Waals surface area contributed by atoms with Crippen LogP contribution >= 0.6 is 11.8 Å². The van der Waals surface area contributed by atoms with E-state index >= 15 is 0 Å². The molecule has 1 aromatic carbocycles.